The minimum Gasteiger partial charge on any atom is -0.308 e. The Hall–Kier alpha value is -1.77. The van der Waals surface area contributed by atoms with Gasteiger partial charge < -0.3 is 4.90 Å². The SMILES string of the molecule is CC1Cc2cc(Br)ccc2N1C(=O)CN(C1CCCCC1)S(=O)(=O)c1ccc(F)cc1. The third-order valence-electron chi connectivity index (χ3n) is 6.22. The van der Waals surface area contributed by atoms with Crippen molar-refractivity contribution < 1.29 is 17.6 Å². The average Bonchev–Trinajstić information content (AvgIpc) is 3.07. The van der Waals surface area contributed by atoms with Crippen LogP contribution in [0.3, 0.4) is 0 Å². The molecule has 5 nitrogen and oxygen atoms in total. The van der Waals surface area contributed by atoms with E-state index in [1.807, 2.05) is 25.1 Å². The van der Waals surface area contributed by atoms with Crippen LogP contribution in [0.2, 0.25) is 0 Å². The van der Waals surface area contributed by atoms with Crippen molar-refractivity contribution in [2.45, 2.75) is 62.4 Å². The molecule has 0 bridgehead atoms. The maximum Gasteiger partial charge on any atom is 0.243 e. The zero-order chi connectivity index (χ0) is 22.2. The summed E-state index contributed by atoms with van der Waals surface area (Å²) >= 11 is 3.47. The Bertz CT molecular complexity index is 1070. The van der Waals surface area contributed by atoms with E-state index in [-0.39, 0.29) is 29.4 Å². The van der Waals surface area contributed by atoms with E-state index in [0.29, 0.717) is 0 Å². The molecule has 1 saturated carbocycles. The Balaban J connectivity index is 1.65. The number of carbonyl (C=O) groups is 1. The molecule has 0 N–H and O–H groups in total. The fourth-order valence-electron chi connectivity index (χ4n) is 4.71. The second kappa shape index (κ2) is 9.00. The summed E-state index contributed by atoms with van der Waals surface area (Å²) in [7, 11) is -3.93. The molecule has 166 valence electrons. The highest BCUT2D eigenvalue weighted by molar-refractivity contribution is 9.10. The minimum atomic E-state index is -3.93. The molecule has 2 aromatic carbocycles. The molecule has 1 unspecified atom stereocenters. The van der Waals surface area contributed by atoms with Gasteiger partial charge in [0, 0.05) is 22.2 Å². The van der Waals surface area contributed by atoms with Crippen molar-refractivity contribution in [1.82, 2.24) is 4.31 Å². The van der Waals surface area contributed by atoms with E-state index in [0.717, 1.165) is 66.4 Å². The van der Waals surface area contributed by atoms with Crippen LogP contribution in [0.4, 0.5) is 10.1 Å². The van der Waals surface area contributed by atoms with E-state index >= 15 is 0 Å². The molecule has 31 heavy (non-hydrogen) atoms. The zero-order valence-corrected chi connectivity index (χ0v) is 19.8. The molecule has 0 aromatic heterocycles. The van der Waals surface area contributed by atoms with Crippen LogP contribution < -0.4 is 4.90 Å². The third-order valence-corrected chi connectivity index (χ3v) is 8.62. The number of hydrogen-bond donors (Lipinski definition) is 0. The molecule has 8 heteroatoms. The lowest BCUT2D eigenvalue weighted by Crippen LogP contribution is -2.49. The number of halogens is 2. The number of sulfonamides is 1. The first-order chi connectivity index (χ1) is 14.8. The van der Waals surface area contributed by atoms with Crippen LogP contribution in [0.1, 0.15) is 44.6 Å². The maximum atomic E-state index is 13.5. The second-order valence-electron chi connectivity index (χ2n) is 8.39. The third kappa shape index (κ3) is 4.56. The Kier molecular flexibility index (Phi) is 6.51. The van der Waals surface area contributed by atoms with Gasteiger partial charge in [0.15, 0.2) is 0 Å². The second-order valence-corrected chi connectivity index (χ2v) is 11.2. The standard InChI is InChI=1S/C23H26BrFN2O3S/c1-16-13-17-14-18(24)7-12-22(17)27(16)23(28)15-26(20-5-3-2-4-6-20)31(29,30)21-10-8-19(25)9-11-21/h7-12,14,16,20H,2-6,13,15H2,1H3. The first-order valence-electron chi connectivity index (χ1n) is 10.7. The van der Waals surface area contributed by atoms with Crippen LogP contribution in [-0.2, 0) is 21.2 Å². The van der Waals surface area contributed by atoms with E-state index in [1.165, 1.54) is 16.4 Å². The molecular weight excluding hydrogens is 483 g/mol. The Morgan fingerprint density at radius 2 is 1.81 bits per heavy atom. The van der Waals surface area contributed by atoms with Crippen LogP contribution in [0.5, 0.6) is 0 Å². The zero-order valence-electron chi connectivity index (χ0n) is 17.4. The summed E-state index contributed by atoms with van der Waals surface area (Å²) in [6.45, 7) is 1.76. The van der Waals surface area contributed by atoms with Crippen LogP contribution in [0.25, 0.3) is 0 Å². The van der Waals surface area contributed by atoms with Crippen molar-refractivity contribution in [2.24, 2.45) is 0 Å². The number of fused-ring (bicyclic) bond motifs is 1. The highest BCUT2D eigenvalue weighted by atomic mass is 79.9. The molecule has 0 spiro atoms. The molecule has 2 aliphatic rings. The summed E-state index contributed by atoms with van der Waals surface area (Å²) in [6.07, 6.45) is 5.13. The van der Waals surface area contributed by atoms with Gasteiger partial charge in [-0.2, -0.15) is 4.31 Å². The van der Waals surface area contributed by atoms with Crippen molar-refractivity contribution in [1.29, 1.82) is 0 Å². The van der Waals surface area contributed by atoms with Crippen LogP contribution >= 0.6 is 15.9 Å². The summed E-state index contributed by atoms with van der Waals surface area (Å²) in [4.78, 5) is 15.2. The van der Waals surface area contributed by atoms with Gasteiger partial charge in [0.25, 0.3) is 0 Å². The van der Waals surface area contributed by atoms with Crippen molar-refractivity contribution in [3.8, 4) is 0 Å². The smallest absolute Gasteiger partial charge is 0.243 e. The summed E-state index contributed by atoms with van der Waals surface area (Å²) in [6, 6.07) is 10.4. The molecule has 2 aromatic rings. The van der Waals surface area contributed by atoms with Crippen molar-refractivity contribution in [3.05, 3.63) is 58.3 Å². The summed E-state index contributed by atoms with van der Waals surface area (Å²) < 4.78 is 42.7. The van der Waals surface area contributed by atoms with Gasteiger partial charge in [0.1, 0.15) is 5.82 Å². The lowest BCUT2D eigenvalue weighted by Gasteiger charge is -2.34. The molecule has 1 aliphatic heterocycles. The van der Waals surface area contributed by atoms with E-state index in [2.05, 4.69) is 15.9 Å². The van der Waals surface area contributed by atoms with Gasteiger partial charge in [-0.1, -0.05) is 35.2 Å². The van der Waals surface area contributed by atoms with E-state index in [9.17, 15) is 17.6 Å². The Labute approximate surface area is 191 Å². The summed E-state index contributed by atoms with van der Waals surface area (Å²) in [5.41, 5.74) is 1.91. The molecule has 1 amide bonds. The van der Waals surface area contributed by atoms with Gasteiger partial charge >= 0.3 is 0 Å². The highest BCUT2D eigenvalue weighted by Gasteiger charge is 2.38. The van der Waals surface area contributed by atoms with Gasteiger partial charge in [0.2, 0.25) is 15.9 Å². The molecular formula is C23H26BrFN2O3S. The predicted molar refractivity (Wildman–Crippen MR) is 122 cm³/mol. The van der Waals surface area contributed by atoms with E-state index in [1.54, 1.807) is 4.90 Å². The first kappa shape index (κ1) is 22.4. The molecule has 4 rings (SSSR count). The Morgan fingerprint density at radius 3 is 2.48 bits per heavy atom. The number of rotatable bonds is 5. The van der Waals surface area contributed by atoms with Crippen LogP contribution in [0.15, 0.2) is 51.8 Å². The fourth-order valence-corrected chi connectivity index (χ4v) is 6.75. The number of hydrogen-bond acceptors (Lipinski definition) is 3. The lowest BCUT2D eigenvalue weighted by molar-refractivity contribution is -0.119. The summed E-state index contributed by atoms with van der Waals surface area (Å²) in [5.74, 6) is -0.724. The summed E-state index contributed by atoms with van der Waals surface area (Å²) in [5, 5.41) is 0. The van der Waals surface area contributed by atoms with E-state index < -0.39 is 15.8 Å². The normalized spacial score (nSPS) is 19.6. The monoisotopic (exact) mass is 508 g/mol. The number of benzene rings is 2. The van der Waals surface area contributed by atoms with Crippen LogP contribution in [0, 0.1) is 5.82 Å². The van der Waals surface area contributed by atoms with Gasteiger partial charge in [0.05, 0.1) is 11.4 Å². The highest BCUT2D eigenvalue weighted by Crippen LogP contribution is 2.35. The first-order valence-corrected chi connectivity index (χ1v) is 12.9. The van der Waals surface area contributed by atoms with Gasteiger partial charge in [-0.3, -0.25) is 4.79 Å². The number of nitrogens with zero attached hydrogens (tertiary/aromatic N) is 2. The van der Waals surface area contributed by atoms with Gasteiger partial charge in [-0.05, 0) is 74.2 Å². The van der Waals surface area contributed by atoms with Crippen molar-refractivity contribution in [2.75, 3.05) is 11.4 Å². The maximum absolute atomic E-state index is 13.5. The number of amides is 1. The topological polar surface area (TPSA) is 57.7 Å². The van der Waals surface area contributed by atoms with Crippen molar-refractivity contribution in [3.63, 3.8) is 0 Å². The largest absolute Gasteiger partial charge is 0.308 e. The van der Waals surface area contributed by atoms with Crippen molar-refractivity contribution >= 4 is 37.5 Å². The molecule has 0 saturated heterocycles. The van der Waals surface area contributed by atoms with Crippen LogP contribution in [-0.4, -0.2) is 37.3 Å². The molecule has 0 radical (unpaired) electrons. The predicted octanol–water partition coefficient (Wildman–Crippen LogP) is 4.89. The van der Waals surface area contributed by atoms with Gasteiger partial charge in [-0.15, -0.1) is 0 Å². The van der Waals surface area contributed by atoms with Gasteiger partial charge in [-0.25, -0.2) is 12.8 Å². The molecule has 1 atom stereocenters. The lowest BCUT2D eigenvalue weighted by atomic mass is 9.95. The number of carbonyl (C=O) groups excluding carboxylic acids is 1. The average molecular weight is 509 g/mol. The minimum absolute atomic E-state index is 0.0195. The van der Waals surface area contributed by atoms with E-state index in [4.69, 9.17) is 0 Å². The molecule has 1 aliphatic carbocycles. The quantitative estimate of drug-likeness (QED) is 0.577. The Morgan fingerprint density at radius 1 is 1.13 bits per heavy atom. The molecule has 1 fully saturated rings. The fraction of sp³-hybridized carbons (Fsp3) is 0.435. The molecule has 1 heterocycles. The number of anilines is 1.